The molecule has 0 aliphatic rings. The Morgan fingerprint density at radius 3 is 2.42 bits per heavy atom. The average molecular weight is 348 g/mol. The number of amides is 1. The number of nitrogens with one attached hydrogen (secondary N) is 1. The lowest BCUT2D eigenvalue weighted by Gasteiger charge is -2.15. The van der Waals surface area contributed by atoms with Crippen LogP contribution in [0.5, 0.6) is 5.75 Å². The smallest absolute Gasteiger partial charge is 0.342 e. The fraction of sp³-hybridized carbons (Fsp3) is 0.222. The molecule has 126 valence electrons. The number of methoxy groups -OCH3 is 1. The van der Waals surface area contributed by atoms with Crippen LogP contribution in [0.2, 0.25) is 5.02 Å². The van der Waals surface area contributed by atoms with Gasteiger partial charge in [-0.15, -0.1) is 0 Å². The number of hydrogen-bond acceptors (Lipinski definition) is 4. The molecule has 0 saturated heterocycles. The van der Waals surface area contributed by atoms with Crippen LogP contribution in [0.15, 0.2) is 42.5 Å². The molecule has 0 aliphatic heterocycles. The standard InChI is InChI=1S/C18H18ClNO4/c1-11-4-9-16(23-3)15(10-11)18(22)24-12(2)17(21)20-14-7-5-13(19)6-8-14/h4-10,12H,1-3H3,(H,20,21)/t12-/m1/s1. The topological polar surface area (TPSA) is 64.6 Å². The van der Waals surface area contributed by atoms with Crippen molar-refractivity contribution in [1.29, 1.82) is 0 Å². The average Bonchev–Trinajstić information content (AvgIpc) is 2.56. The molecular weight excluding hydrogens is 330 g/mol. The first-order chi connectivity index (χ1) is 11.4. The van der Waals surface area contributed by atoms with Gasteiger partial charge in [-0.25, -0.2) is 4.79 Å². The number of hydrogen-bond donors (Lipinski definition) is 1. The SMILES string of the molecule is COc1ccc(C)cc1C(=O)O[C@H](C)C(=O)Nc1ccc(Cl)cc1. The van der Waals surface area contributed by atoms with Crippen molar-refractivity contribution in [2.45, 2.75) is 20.0 Å². The molecule has 0 spiro atoms. The summed E-state index contributed by atoms with van der Waals surface area (Å²) in [5.41, 5.74) is 1.74. The Labute approximate surface area is 145 Å². The minimum atomic E-state index is -0.960. The normalized spacial score (nSPS) is 11.5. The lowest BCUT2D eigenvalue weighted by molar-refractivity contribution is -0.123. The summed E-state index contributed by atoms with van der Waals surface area (Å²) < 4.78 is 10.4. The van der Waals surface area contributed by atoms with Crippen molar-refractivity contribution in [3.8, 4) is 5.75 Å². The zero-order valence-electron chi connectivity index (χ0n) is 13.6. The first-order valence-electron chi connectivity index (χ1n) is 7.32. The minimum absolute atomic E-state index is 0.281. The van der Waals surface area contributed by atoms with Gasteiger partial charge >= 0.3 is 5.97 Å². The highest BCUT2D eigenvalue weighted by Gasteiger charge is 2.21. The lowest BCUT2D eigenvalue weighted by atomic mass is 10.1. The second-order valence-electron chi connectivity index (χ2n) is 5.25. The number of carbonyl (C=O) groups is 2. The third kappa shape index (κ3) is 4.49. The van der Waals surface area contributed by atoms with Gasteiger partial charge in [0.1, 0.15) is 11.3 Å². The van der Waals surface area contributed by atoms with Crippen LogP contribution in [0.25, 0.3) is 0 Å². The van der Waals surface area contributed by atoms with Crippen molar-refractivity contribution in [3.63, 3.8) is 0 Å². The molecule has 1 amide bonds. The number of halogens is 1. The molecule has 0 radical (unpaired) electrons. The quantitative estimate of drug-likeness (QED) is 0.834. The molecule has 0 saturated carbocycles. The number of carbonyl (C=O) groups excluding carboxylic acids is 2. The summed E-state index contributed by atoms with van der Waals surface area (Å²) in [5.74, 6) is -0.650. The van der Waals surface area contributed by atoms with Crippen LogP contribution in [0.3, 0.4) is 0 Å². The van der Waals surface area contributed by atoms with E-state index in [1.165, 1.54) is 14.0 Å². The molecule has 0 bridgehead atoms. The third-order valence-electron chi connectivity index (χ3n) is 3.34. The summed E-state index contributed by atoms with van der Waals surface area (Å²) in [6.45, 7) is 3.36. The van der Waals surface area contributed by atoms with E-state index in [2.05, 4.69) is 5.32 Å². The Kier molecular flexibility index (Phi) is 5.82. The van der Waals surface area contributed by atoms with Crippen molar-refractivity contribution < 1.29 is 19.1 Å². The van der Waals surface area contributed by atoms with Crippen molar-refractivity contribution >= 4 is 29.2 Å². The van der Waals surface area contributed by atoms with Crippen LogP contribution in [-0.4, -0.2) is 25.1 Å². The summed E-state index contributed by atoms with van der Waals surface area (Å²) >= 11 is 5.79. The number of esters is 1. The van der Waals surface area contributed by atoms with E-state index in [1.807, 2.05) is 13.0 Å². The number of rotatable bonds is 5. The second-order valence-corrected chi connectivity index (χ2v) is 5.68. The molecule has 2 aromatic carbocycles. The van der Waals surface area contributed by atoms with Crippen molar-refractivity contribution in [3.05, 3.63) is 58.6 Å². The zero-order chi connectivity index (χ0) is 17.7. The molecule has 2 aromatic rings. The molecule has 1 N–H and O–H groups in total. The van der Waals surface area contributed by atoms with Gasteiger partial charge in [-0.3, -0.25) is 4.79 Å². The first-order valence-corrected chi connectivity index (χ1v) is 7.70. The van der Waals surface area contributed by atoms with Crippen LogP contribution in [-0.2, 0) is 9.53 Å². The first kappa shape index (κ1) is 17.8. The van der Waals surface area contributed by atoms with Crippen LogP contribution >= 0.6 is 11.6 Å². The Hall–Kier alpha value is -2.53. The highest BCUT2D eigenvalue weighted by molar-refractivity contribution is 6.30. The Morgan fingerprint density at radius 2 is 1.79 bits per heavy atom. The summed E-state index contributed by atoms with van der Waals surface area (Å²) in [6.07, 6.45) is -0.960. The van der Waals surface area contributed by atoms with Gasteiger partial charge in [-0.2, -0.15) is 0 Å². The third-order valence-corrected chi connectivity index (χ3v) is 3.59. The van der Waals surface area contributed by atoms with E-state index >= 15 is 0 Å². The maximum Gasteiger partial charge on any atom is 0.342 e. The molecule has 0 unspecified atom stereocenters. The molecular formula is C18H18ClNO4. The van der Waals surface area contributed by atoms with E-state index in [-0.39, 0.29) is 5.56 Å². The molecule has 6 heteroatoms. The molecule has 1 atom stereocenters. The molecule has 0 heterocycles. The van der Waals surface area contributed by atoms with Crippen LogP contribution < -0.4 is 10.1 Å². The van der Waals surface area contributed by atoms with Crippen molar-refractivity contribution in [2.75, 3.05) is 12.4 Å². The van der Waals surface area contributed by atoms with Gasteiger partial charge < -0.3 is 14.8 Å². The fourth-order valence-corrected chi connectivity index (χ4v) is 2.16. The van der Waals surface area contributed by atoms with Gasteiger partial charge in [0.2, 0.25) is 0 Å². The van der Waals surface area contributed by atoms with Crippen molar-refractivity contribution in [2.24, 2.45) is 0 Å². The highest BCUT2D eigenvalue weighted by atomic mass is 35.5. The maximum atomic E-state index is 12.3. The number of aryl methyl sites for hydroxylation is 1. The molecule has 0 fully saturated rings. The van der Waals surface area contributed by atoms with E-state index in [4.69, 9.17) is 21.1 Å². The van der Waals surface area contributed by atoms with Gasteiger partial charge in [-0.05, 0) is 50.2 Å². The van der Waals surface area contributed by atoms with Crippen LogP contribution in [0.4, 0.5) is 5.69 Å². The molecule has 5 nitrogen and oxygen atoms in total. The minimum Gasteiger partial charge on any atom is -0.496 e. The van der Waals surface area contributed by atoms with E-state index in [9.17, 15) is 9.59 Å². The number of benzene rings is 2. The highest BCUT2D eigenvalue weighted by Crippen LogP contribution is 2.21. The van der Waals surface area contributed by atoms with Gasteiger partial charge in [0.25, 0.3) is 5.91 Å². The van der Waals surface area contributed by atoms with Gasteiger partial charge in [0.15, 0.2) is 6.10 Å². The van der Waals surface area contributed by atoms with E-state index < -0.39 is 18.0 Å². The van der Waals surface area contributed by atoms with Crippen LogP contribution in [0.1, 0.15) is 22.8 Å². The summed E-state index contributed by atoms with van der Waals surface area (Å²) in [7, 11) is 1.47. The summed E-state index contributed by atoms with van der Waals surface area (Å²) in [4.78, 5) is 24.4. The molecule has 0 aromatic heterocycles. The predicted molar refractivity (Wildman–Crippen MR) is 92.7 cm³/mol. The molecule has 0 aliphatic carbocycles. The number of ether oxygens (including phenoxy) is 2. The predicted octanol–water partition coefficient (Wildman–Crippen LogP) is 3.84. The van der Waals surface area contributed by atoms with Gasteiger partial charge in [-0.1, -0.05) is 23.2 Å². The summed E-state index contributed by atoms with van der Waals surface area (Å²) in [6, 6.07) is 11.8. The molecule has 2 rings (SSSR count). The summed E-state index contributed by atoms with van der Waals surface area (Å²) in [5, 5.41) is 3.23. The second kappa shape index (κ2) is 7.84. The van der Waals surface area contributed by atoms with E-state index in [1.54, 1.807) is 36.4 Å². The zero-order valence-corrected chi connectivity index (χ0v) is 14.4. The lowest BCUT2D eigenvalue weighted by Crippen LogP contribution is -2.30. The Morgan fingerprint density at radius 1 is 1.12 bits per heavy atom. The van der Waals surface area contributed by atoms with Crippen molar-refractivity contribution in [1.82, 2.24) is 0 Å². The number of anilines is 1. The van der Waals surface area contributed by atoms with E-state index in [0.717, 1.165) is 5.56 Å². The van der Waals surface area contributed by atoms with Gasteiger partial charge in [0, 0.05) is 10.7 Å². The van der Waals surface area contributed by atoms with Gasteiger partial charge in [0.05, 0.1) is 7.11 Å². The maximum absolute atomic E-state index is 12.3. The van der Waals surface area contributed by atoms with Crippen LogP contribution in [0, 0.1) is 6.92 Å². The largest absolute Gasteiger partial charge is 0.496 e. The Balaban J connectivity index is 2.04. The monoisotopic (exact) mass is 347 g/mol. The molecule has 24 heavy (non-hydrogen) atoms. The Bertz CT molecular complexity index is 743. The fourth-order valence-electron chi connectivity index (χ4n) is 2.04. The van der Waals surface area contributed by atoms with E-state index in [0.29, 0.717) is 16.5 Å².